The largest absolute Gasteiger partial charge is 0.387 e. The smallest absolute Gasteiger partial charge is 0.0701 e. The molecule has 0 aliphatic carbocycles. The molecule has 0 radical (unpaired) electrons. The van der Waals surface area contributed by atoms with Gasteiger partial charge in [-0.05, 0) is 19.3 Å². The van der Waals surface area contributed by atoms with Crippen molar-refractivity contribution in [3.05, 3.63) is 12.3 Å². The van der Waals surface area contributed by atoms with Crippen molar-refractivity contribution in [2.45, 2.75) is 65.2 Å². The molecule has 0 saturated heterocycles. The number of ether oxygens (including phenoxy) is 2. The van der Waals surface area contributed by atoms with E-state index >= 15 is 0 Å². The van der Waals surface area contributed by atoms with Crippen LogP contribution in [0.3, 0.4) is 0 Å². The Kier molecular flexibility index (Phi) is 16.1. The summed E-state index contributed by atoms with van der Waals surface area (Å²) < 4.78 is 11.0. The standard InChI is InChI=1S/C17H35NO2/c1-4-6-8-9-10-13-19-15-16-20-14-12-18-17(3)11-7-5-2/h18H,3-16H2,1-2H3. The second-order valence-corrected chi connectivity index (χ2v) is 5.27. The number of nitrogens with one attached hydrogen (secondary N) is 1. The summed E-state index contributed by atoms with van der Waals surface area (Å²) in [7, 11) is 0. The van der Waals surface area contributed by atoms with Gasteiger partial charge in [-0.3, -0.25) is 0 Å². The van der Waals surface area contributed by atoms with Gasteiger partial charge in [-0.15, -0.1) is 0 Å². The summed E-state index contributed by atoms with van der Waals surface area (Å²) >= 11 is 0. The summed E-state index contributed by atoms with van der Waals surface area (Å²) in [4.78, 5) is 0. The molecular formula is C17H35NO2. The summed E-state index contributed by atoms with van der Waals surface area (Å²) in [5.41, 5.74) is 1.12. The Hall–Kier alpha value is -0.540. The highest BCUT2D eigenvalue weighted by molar-refractivity contribution is 4.90. The summed E-state index contributed by atoms with van der Waals surface area (Å²) in [5, 5.41) is 3.29. The first-order valence-electron chi connectivity index (χ1n) is 8.38. The van der Waals surface area contributed by atoms with Crippen molar-refractivity contribution in [3.8, 4) is 0 Å². The second-order valence-electron chi connectivity index (χ2n) is 5.27. The number of rotatable bonds is 16. The summed E-state index contributed by atoms with van der Waals surface area (Å²) in [6.07, 6.45) is 9.94. The molecule has 3 nitrogen and oxygen atoms in total. The zero-order chi connectivity index (χ0) is 14.9. The molecule has 0 unspecified atom stereocenters. The molecule has 0 aliphatic heterocycles. The van der Waals surface area contributed by atoms with Crippen molar-refractivity contribution < 1.29 is 9.47 Å². The lowest BCUT2D eigenvalue weighted by Crippen LogP contribution is -2.19. The van der Waals surface area contributed by atoms with Crippen LogP contribution in [0.15, 0.2) is 12.3 Å². The molecule has 0 heterocycles. The predicted octanol–water partition coefficient (Wildman–Crippen LogP) is 4.28. The topological polar surface area (TPSA) is 30.5 Å². The van der Waals surface area contributed by atoms with Crippen LogP contribution in [0.25, 0.3) is 0 Å². The van der Waals surface area contributed by atoms with Crippen LogP contribution in [0, 0.1) is 0 Å². The molecule has 0 fully saturated rings. The Bertz CT molecular complexity index is 207. The quantitative estimate of drug-likeness (QED) is 0.429. The number of allylic oxidation sites excluding steroid dienone is 1. The van der Waals surface area contributed by atoms with Crippen molar-refractivity contribution in [1.29, 1.82) is 0 Å². The van der Waals surface area contributed by atoms with Crippen LogP contribution >= 0.6 is 0 Å². The molecule has 0 aromatic carbocycles. The maximum atomic E-state index is 5.53. The highest BCUT2D eigenvalue weighted by Gasteiger charge is 1.94. The Labute approximate surface area is 126 Å². The van der Waals surface area contributed by atoms with Crippen LogP contribution in [0.1, 0.15) is 65.2 Å². The molecule has 0 bridgehead atoms. The molecule has 0 rings (SSSR count). The van der Waals surface area contributed by atoms with Gasteiger partial charge in [0.05, 0.1) is 19.8 Å². The first kappa shape index (κ1) is 19.5. The first-order chi connectivity index (χ1) is 9.81. The van der Waals surface area contributed by atoms with Crippen molar-refractivity contribution in [2.75, 3.05) is 33.0 Å². The van der Waals surface area contributed by atoms with Gasteiger partial charge < -0.3 is 14.8 Å². The van der Waals surface area contributed by atoms with Gasteiger partial charge in [0.2, 0.25) is 0 Å². The van der Waals surface area contributed by atoms with E-state index in [0.29, 0.717) is 13.2 Å². The molecule has 0 aromatic heterocycles. The highest BCUT2D eigenvalue weighted by Crippen LogP contribution is 2.02. The van der Waals surface area contributed by atoms with E-state index in [4.69, 9.17) is 9.47 Å². The van der Waals surface area contributed by atoms with E-state index in [0.717, 1.165) is 31.9 Å². The minimum atomic E-state index is 0.693. The Balaban J connectivity index is 3.04. The van der Waals surface area contributed by atoms with Crippen molar-refractivity contribution in [1.82, 2.24) is 5.32 Å². The monoisotopic (exact) mass is 285 g/mol. The average molecular weight is 285 g/mol. The van der Waals surface area contributed by atoms with E-state index in [1.54, 1.807) is 0 Å². The molecule has 20 heavy (non-hydrogen) atoms. The van der Waals surface area contributed by atoms with E-state index in [-0.39, 0.29) is 0 Å². The molecule has 0 spiro atoms. The average Bonchev–Trinajstić information content (AvgIpc) is 2.46. The maximum absolute atomic E-state index is 5.53. The van der Waals surface area contributed by atoms with Gasteiger partial charge in [0.25, 0.3) is 0 Å². The van der Waals surface area contributed by atoms with Gasteiger partial charge in [-0.25, -0.2) is 0 Å². The zero-order valence-corrected chi connectivity index (χ0v) is 13.7. The lowest BCUT2D eigenvalue weighted by atomic mass is 10.2. The zero-order valence-electron chi connectivity index (χ0n) is 13.7. The normalized spacial score (nSPS) is 10.7. The van der Waals surface area contributed by atoms with Crippen molar-refractivity contribution in [2.24, 2.45) is 0 Å². The van der Waals surface area contributed by atoms with E-state index in [2.05, 4.69) is 25.7 Å². The second kappa shape index (κ2) is 16.5. The third-order valence-electron chi connectivity index (χ3n) is 3.22. The van der Waals surface area contributed by atoms with E-state index < -0.39 is 0 Å². The summed E-state index contributed by atoms with van der Waals surface area (Å²) in [6, 6.07) is 0. The van der Waals surface area contributed by atoms with Crippen LogP contribution < -0.4 is 5.32 Å². The Morgan fingerprint density at radius 2 is 1.45 bits per heavy atom. The minimum absolute atomic E-state index is 0.693. The summed E-state index contributed by atoms with van der Waals surface area (Å²) in [5.74, 6) is 0. The lowest BCUT2D eigenvalue weighted by molar-refractivity contribution is 0.0478. The maximum Gasteiger partial charge on any atom is 0.0701 e. The van der Waals surface area contributed by atoms with E-state index in [1.807, 2.05) is 0 Å². The van der Waals surface area contributed by atoms with Gasteiger partial charge in [0.15, 0.2) is 0 Å². The van der Waals surface area contributed by atoms with Crippen LogP contribution in [-0.4, -0.2) is 33.0 Å². The molecular weight excluding hydrogens is 250 g/mol. The third kappa shape index (κ3) is 15.5. The van der Waals surface area contributed by atoms with Gasteiger partial charge in [0.1, 0.15) is 0 Å². The van der Waals surface area contributed by atoms with Crippen LogP contribution in [0.2, 0.25) is 0 Å². The van der Waals surface area contributed by atoms with Gasteiger partial charge >= 0.3 is 0 Å². The van der Waals surface area contributed by atoms with Gasteiger partial charge in [0, 0.05) is 18.8 Å². The van der Waals surface area contributed by atoms with E-state index in [1.165, 1.54) is 44.9 Å². The number of hydrogen-bond donors (Lipinski definition) is 1. The molecule has 0 atom stereocenters. The fourth-order valence-corrected chi connectivity index (χ4v) is 1.91. The number of hydrogen-bond acceptors (Lipinski definition) is 3. The molecule has 0 saturated carbocycles. The van der Waals surface area contributed by atoms with Crippen molar-refractivity contribution in [3.63, 3.8) is 0 Å². The predicted molar refractivity (Wildman–Crippen MR) is 87.1 cm³/mol. The Morgan fingerprint density at radius 1 is 0.800 bits per heavy atom. The fraction of sp³-hybridized carbons (Fsp3) is 0.882. The van der Waals surface area contributed by atoms with E-state index in [9.17, 15) is 0 Å². The van der Waals surface area contributed by atoms with Gasteiger partial charge in [-0.1, -0.05) is 52.5 Å². The molecule has 0 aromatic rings. The van der Waals surface area contributed by atoms with Crippen LogP contribution in [0.5, 0.6) is 0 Å². The lowest BCUT2D eigenvalue weighted by Gasteiger charge is -2.09. The minimum Gasteiger partial charge on any atom is -0.387 e. The third-order valence-corrected chi connectivity index (χ3v) is 3.22. The number of unbranched alkanes of at least 4 members (excludes halogenated alkanes) is 5. The van der Waals surface area contributed by atoms with Crippen LogP contribution in [0.4, 0.5) is 0 Å². The van der Waals surface area contributed by atoms with Crippen LogP contribution in [-0.2, 0) is 9.47 Å². The molecule has 0 aliphatic rings. The highest BCUT2D eigenvalue weighted by atomic mass is 16.5. The SMILES string of the molecule is C=C(CCCC)NCCOCCOCCCCCCC. The fourth-order valence-electron chi connectivity index (χ4n) is 1.91. The molecule has 120 valence electrons. The molecule has 1 N–H and O–H groups in total. The van der Waals surface area contributed by atoms with Crippen molar-refractivity contribution >= 4 is 0 Å². The first-order valence-corrected chi connectivity index (χ1v) is 8.38. The van der Waals surface area contributed by atoms with Gasteiger partial charge in [-0.2, -0.15) is 0 Å². The molecule has 0 amide bonds. The summed E-state index contributed by atoms with van der Waals surface area (Å²) in [6.45, 7) is 12.3. The Morgan fingerprint density at radius 3 is 2.15 bits per heavy atom. The molecule has 3 heteroatoms.